The number of esters is 5. The molecule has 2 fully saturated rings. The lowest BCUT2D eigenvalue weighted by molar-refractivity contribution is -0.354. The summed E-state index contributed by atoms with van der Waals surface area (Å²) in [6, 6.07) is 7.60. The summed E-state index contributed by atoms with van der Waals surface area (Å²) >= 11 is 0. The third-order valence-corrected chi connectivity index (χ3v) is 10.3. The lowest BCUT2D eigenvalue weighted by atomic mass is 9.95. The van der Waals surface area contributed by atoms with Crippen molar-refractivity contribution in [2.75, 3.05) is 7.11 Å². The first kappa shape index (κ1) is 43.0. The molecule has 2 aromatic heterocycles. The fourth-order valence-electron chi connectivity index (χ4n) is 8.10. The van der Waals surface area contributed by atoms with Crippen molar-refractivity contribution >= 4 is 73.3 Å². The minimum Gasteiger partial charge on any atom is -0.461 e. The first-order valence-electron chi connectivity index (χ1n) is 19.1. The van der Waals surface area contributed by atoms with Crippen molar-refractivity contribution in [2.24, 2.45) is 0 Å². The molecule has 324 valence electrons. The molecule has 0 bridgehead atoms. The van der Waals surface area contributed by atoms with Crippen molar-refractivity contribution in [3.8, 4) is 11.5 Å². The van der Waals surface area contributed by atoms with Gasteiger partial charge < -0.3 is 56.2 Å². The summed E-state index contributed by atoms with van der Waals surface area (Å²) in [5, 5.41) is 0.407. The quantitative estimate of drug-likeness (QED) is 0.0484. The third-order valence-electron chi connectivity index (χ3n) is 10.3. The van der Waals surface area contributed by atoms with E-state index in [1.54, 1.807) is 19.9 Å². The van der Waals surface area contributed by atoms with Crippen molar-refractivity contribution in [3.63, 3.8) is 0 Å². The molecule has 0 aliphatic carbocycles. The summed E-state index contributed by atoms with van der Waals surface area (Å²) in [7, 11) is 1.30. The Morgan fingerprint density at radius 3 is 1.75 bits per heavy atom. The molecule has 0 N–H and O–H groups in total. The van der Waals surface area contributed by atoms with Gasteiger partial charge in [-0.05, 0) is 38.5 Å². The van der Waals surface area contributed by atoms with E-state index in [9.17, 15) is 33.6 Å². The standard InChI is InChI=1S/C42H42O19/c1-15-13-14-25-28-26(15)39(48)60-34-27-23(33(55-20(6)45)30(29(28)34)40(49)58-25)11-10-12-24(27)59-41-38(36(56-21(7)46)32(17(3)51-41)54-19(5)44)61-42-37(57-22(8)47)35(50-9)31(16(2)52-42)53-18(4)43/h10-14,16-17,31-32,35-38,41-42H,1-9H3. The number of hydrogen-bond donors (Lipinski definition) is 0. The van der Waals surface area contributed by atoms with Crippen LogP contribution in [0.15, 0.2) is 48.8 Å². The van der Waals surface area contributed by atoms with Gasteiger partial charge in [-0.2, -0.15) is 0 Å². The van der Waals surface area contributed by atoms with E-state index < -0.39 is 103 Å². The number of fused-ring (bicyclic) bond motifs is 2. The smallest absolute Gasteiger partial charge is 0.348 e. The number of carbonyl (C=O) groups is 5. The van der Waals surface area contributed by atoms with Crippen LogP contribution in [0.3, 0.4) is 0 Å². The molecule has 10 atom stereocenters. The summed E-state index contributed by atoms with van der Waals surface area (Å²) < 4.78 is 71.2. The van der Waals surface area contributed by atoms with E-state index in [0.29, 0.717) is 5.56 Å². The lowest BCUT2D eigenvalue weighted by Crippen LogP contribution is -2.66. The van der Waals surface area contributed by atoms with E-state index in [-0.39, 0.29) is 55.0 Å². The molecule has 0 saturated carbocycles. The molecule has 0 spiro atoms. The largest absolute Gasteiger partial charge is 0.461 e. The van der Waals surface area contributed by atoms with Crippen molar-refractivity contribution in [1.82, 2.24) is 0 Å². The number of methoxy groups -OCH3 is 1. The Morgan fingerprint density at radius 1 is 0.574 bits per heavy atom. The number of ether oxygens (including phenoxy) is 10. The van der Waals surface area contributed by atoms with Gasteiger partial charge >= 0.3 is 41.1 Å². The summed E-state index contributed by atoms with van der Waals surface area (Å²) in [6.45, 7) is 10.5. The van der Waals surface area contributed by atoms with E-state index in [4.69, 9.17) is 56.2 Å². The van der Waals surface area contributed by atoms with Gasteiger partial charge in [-0.15, -0.1) is 0 Å². The normalized spacial score (nSPS) is 26.6. The maximum Gasteiger partial charge on any atom is 0.348 e. The number of hydrogen-bond acceptors (Lipinski definition) is 19. The number of rotatable bonds is 10. The van der Waals surface area contributed by atoms with Crippen molar-refractivity contribution in [3.05, 3.63) is 56.7 Å². The number of aryl methyl sites for hydroxylation is 1. The molecule has 19 nitrogen and oxygen atoms in total. The van der Waals surface area contributed by atoms with Crippen LogP contribution in [-0.4, -0.2) is 98.4 Å². The molecule has 2 saturated heterocycles. The minimum atomic E-state index is -1.63. The zero-order valence-electron chi connectivity index (χ0n) is 34.4. The number of benzene rings is 3. The van der Waals surface area contributed by atoms with Crippen LogP contribution in [0.2, 0.25) is 0 Å². The van der Waals surface area contributed by atoms with Gasteiger partial charge in [0.05, 0.1) is 23.0 Å². The van der Waals surface area contributed by atoms with Crippen LogP contribution in [0.4, 0.5) is 0 Å². The molecule has 0 radical (unpaired) electrons. The molecule has 61 heavy (non-hydrogen) atoms. The van der Waals surface area contributed by atoms with Gasteiger partial charge in [-0.25, -0.2) is 9.59 Å². The van der Waals surface area contributed by atoms with Gasteiger partial charge in [0.1, 0.15) is 22.8 Å². The minimum absolute atomic E-state index is 0.0452. The van der Waals surface area contributed by atoms with Crippen LogP contribution in [0.1, 0.15) is 54.0 Å². The fraction of sp³-hybridized carbons (Fsp3) is 0.452. The predicted octanol–water partition coefficient (Wildman–Crippen LogP) is 3.87. The van der Waals surface area contributed by atoms with Crippen LogP contribution in [-0.2, 0) is 61.9 Å². The summed E-state index contributed by atoms with van der Waals surface area (Å²) in [6.07, 6.45) is -13.3. The maximum atomic E-state index is 13.8. The second kappa shape index (κ2) is 16.7. The molecule has 2 aliphatic rings. The van der Waals surface area contributed by atoms with E-state index in [0.717, 1.165) is 27.7 Å². The maximum absolute atomic E-state index is 13.8. The molecule has 5 aromatic rings. The highest BCUT2D eigenvalue weighted by Crippen LogP contribution is 2.46. The second-order valence-electron chi connectivity index (χ2n) is 14.7. The van der Waals surface area contributed by atoms with E-state index in [1.165, 1.54) is 45.2 Å². The molecule has 10 unspecified atom stereocenters. The van der Waals surface area contributed by atoms with Gasteiger partial charge in [0.25, 0.3) is 0 Å². The summed E-state index contributed by atoms with van der Waals surface area (Å²) in [5.74, 6) is -4.11. The molecule has 4 heterocycles. The molecular weight excluding hydrogens is 808 g/mol. The van der Waals surface area contributed by atoms with Crippen molar-refractivity contribution in [1.29, 1.82) is 0 Å². The van der Waals surface area contributed by atoms with E-state index in [1.807, 2.05) is 0 Å². The van der Waals surface area contributed by atoms with E-state index >= 15 is 0 Å². The Hall–Kier alpha value is -6.15. The van der Waals surface area contributed by atoms with Gasteiger partial charge in [0.15, 0.2) is 48.1 Å². The van der Waals surface area contributed by atoms with Gasteiger partial charge in [0.2, 0.25) is 6.29 Å². The van der Waals surface area contributed by atoms with Crippen LogP contribution in [0.5, 0.6) is 11.5 Å². The Kier molecular flexibility index (Phi) is 11.8. The van der Waals surface area contributed by atoms with Gasteiger partial charge in [-0.3, -0.25) is 24.0 Å². The number of carbonyl (C=O) groups excluding carboxylic acids is 5. The van der Waals surface area contributed by atoms with Crippen molar-refractivity contribution in [2.45, 2.75) is 117 Å². The van der Waals surface area contributed by atoms with Crippen LogP contribution in [0, 0.1) is 6.92 Å². The highest BCUT2D eigenvalue weighted by molar-refractivity contribution is 6.29. The second-order valence-corrected chi connectivity index (χ2v) is 14.7. The lowest BCUT2D eigenvalue weighted by Gasteiger charge is -2.48. The predicted molar refractivity (Wildman–Crippen MR) is 208 cm³/mol. The molecule has 7 rings (SSSR count). The SMILES string of the molecule is COC1C(OC(C)=O)C(C)OC(OC2C(Oc3cccc4c(OC(C)=O)c5c(=O)oc6ccc(C)c7c(=O)oc(c34)c5c67)OC(C)C(OC(C)=O)C2OC(C)=O)C1OC(C)=O. The topological polar surface area (TPSA) is 238 Å². The zero-order chi connectivity index (χ0) is 44.2. The molecule has 3 aromatic carbocycles. The highest BCUT2D eigenvalue weighted by Gasteiger charge is 2.56. The average Bonchev–Trinajstić information content (AvgIpc) is 3.16. The fourth-order valence-corrected chi connectivity index (χ4v) is 8.10. The molecule has 2 aliphatic heterocycles. The Morgan fingerprint density at radius 2 is 1.15 bits per heavy atom. The third kappa shape index (κ3) is 7.96. The molecular formula is C42H42O19. The van der Waals surface area contributed by atoms with Crippen molar-refractivity contribution < 1.29 is 80.2 Å². The van der Waals surface area contributed by atoms with Gasteiger partial charge in [-0.1, -0.05) is 18.2 Å². The highest BCUT2D eigenvalue weighted by atomic mass is 16.8. The van der Waals surface area contributed by atoms with Crippen LogP contribution < -0.4 is 20.7 Å². The van der Waals surface area contributed by atoms with Crippen LogP contribution in [0.25, 0.3) is 43.5 Å². The molecule has 19 heteroatoms. The Bertz CT molecular complexity index is 2680. The van der Waals surface area contributed by atoms with Crippen LogP contribution >= 0.6 is 0 Å². The van der Waals surface area contributed by atoms with Gasteiger partial charge in [0, 0.05) is 57.9 Å². The Labute approximate surface area is 345 Å². The average molecular weight is 851 g/mol. The summed E-state index contributed by atoms with van der Waals surface area (Å²) in [4.78, 5) is 89.9. The van der Waals surface area contributed by atoms with E-state index in [2.05, 4.69) is 0 Å². The monoisotopic (exact) mass is 850 g/mol. The summed E-state index contributed by atoms with van der Waals surface area (Å²) in [5.41, 5.74) is -1.21. The first-order valence-corrected chi connectivity index (χ1v) is 19.1. The zero-order valence-corrected chi connectivity index (χ0v) is 34.4. The first-order chi connectivity index (χ1) is 28.9. The Balaban J connectivity index is 1.44. The molecule has 0 amide bonds.